The molecule has 0 N–H and O–H groups in total. The van der Waals surface area contributed by atoms with Gasteiger partial charge in [0.05, 0.1) is 17.7 Å². The fourth-order valence-corrected chi connectivity index (χ4v) is 4.63. The molecule has 1 saturated heterocycles. The smallest absolute Gasteiger partial charge is 0.409 e. The number of ether oxygens (including phenoxy) is 2. The standard InChI is InChI=1S/C25H32N4O5/c1-3-10-27-11-9-21-19(16-27)23(18-7-5-6-8-20(18)26-21)24(31)34-17-22(30)28-12-14-29(15-13-28)25(32)33-4-2/h5-8H,3-4,9-17H2,1-2H3. The van der Waals surface area contributed by atoms with Gasteiger partial charge >= 0.3 is 12.1 Å². The lowest BCUT2D eigenvalue weighted by Crippen LogP contribution is -2.51. The number of piperazine rings is 1. The molecular formula is C25H32N4O5. The number of hydrogen-bond donors (Lipinski definition) is 0. The van der Waals surface area contributed by atoms with Crippen molar-refractivity contribution < 1.29 is 23.9 Å². The number of para-hydroxylation sites is 1. The van der Waals surface area contributed by atoms with Crippen LogP contribution in [0.5, 0.6) is 0 Å². The highest BCUT2D eigenvalue weighted by atomic mass is 16.6. The summed E-state index contributed by atoms with van der Waals surface area (Å²) in [6.07, 6.45) is 1.45. The Morgan fingerprint density at radius 2 is 1.71 bits per heavy atom. The van der Waals surface area contributed by atoms with Crippen molar-refractivity contribution in [3.63, 3.8) is 0 Å². The molecule has 0 aliphatic carbocycles. The number of aromatic nitrogens is 1. The molecule has 9 heteroatoms. The summed E-state index contributed by atoms with van der Waals surface area (Å²) in [4.78, 5) is 48.2. The molecule has 2 aromatic rings. The molecule has 2 aliphatic heterocycles. The Morgan fingerprint density at radius 3 is 2.44 bits per heavy atom. The van der Waals surface area contributed by atoms with E-state index in [2.05, 4.69) is 11.8 Å². The van der Waals surface area contributed by atoms with Crippen molar-refractivity contribution in [2.75, 3.05) is 52.5 Å². The molecule has 1 aromatic carbocycles. The molecule has 34 heavy (non-hydrogen) atoms. The van der Waals surface area contributed by atoms with Gasteiger partial charge in [-0.3, -0.25) is 14.7 Å². The molecular weight excluding hydrogens is 436 g/mol. The van der Waals surface area contributed by atoms with Gasteiger partial charge in [0.1, 0.15) is 0 Å². The van der Waals surface area contributed by atoms with Crippen LogP contribution >= 0.6 is 0 Å². The van der Waals surface area contributed by atoms with E-state index in [1.54, 1.807) is 16.7 Å². The van der Waals surface area contributed by atoms with E-state index in [-0.39, 0.29) is 18.6 Å². The van der Waals surface area contributed by atoms with Gasteiger partial charge in [0.2, 0.25) is 0 Å². The molecule has 9 nitrogen and oxygen atoms in total. The van der Waals surface area contributed by atoms with E-state index in [1.165, 1.54) is 0 Å². The Hall–Kier alpha value is -3.20. The fraction of sp³-hybridized carbons (Fsp3) is 0.520. The van der Waals surface area contributed by atoms with Crippen molar-refractivity contribution in [3.05, 3.63) is 41.1 Å². The first-order valence-corrected chi connectivity index (χ1v) is 12.0. The van der Waals surface area contributed by atoms with Crippen LogP contribution in [0, 0.1) is 0 Å². The average Bonchev–Trinajstić information content (AvgIpc) is 2.86. The minimum absolute atomic E-state index is 0.267. The number of carbonyl (C=O) groups is 3. The second-order valence-corrected chi connectivity index (χ2v) is 8.60. The van der Waals surface area contributed by atoms with Gasteiger partial charge in [-0.05, 0) is 26.0 Å². The lowest BCUT2D eigenvalue weighted by atomic mass is 9.95. The first-order chi connectivity index (χ1) is 16.5. The number of carbonyl (C=O) groups excluding carboxylic acids is 3. The minimum atomic E-state index is -0.494. The van der Waals surface area contributed by atoms with E-state index >= 15 is 0 Å². The molecule has 0 saturated carbocycles. The molecule has 3 heterocycles. The first-order valence-electron chi connectivity index (χ1n) is 12.0. The summed E-state index contributed by atoms with van der Waals surface area (Å²) in [5, 5.41) is 0.750. The Labute approximate surface area is 199 Å². The number of benzene rings is 1. The predicted octanol–water partition coefficient (Wildman–Crippen LogP) is 2.46. The lowest BCUT2D eigenvalue weighted by molar-refractivity contribution is -0.136. The quantitative estimate of drug-likeness (QED) is 0.602. The minimum Gasteiger partial charge on any atom is -0.452 e. The topological polar surface area (TPSA) is 92.3 Å². The van der Waals surface area contributed by atoms with Crippen LogP contribution in [0.3, 0.4) is 0 Å². The highest BCUT2D eigenvalue weighted by molar-refractivity contribution is 6.05. The number of rotatable bonds is 6. The summed E-state index contributed by atoms with van der Waals surface area (Å²) in [5.74, 6) is -0.761. The van der Waals surface area contributed by atoms with Crippen LogP contribution in [-0.2, 0) is 27.2 Å². The number of fused-ring (bicyclic) bond motifs is 2. The predicted molar refractivity (Wildman–Crippen MR) is 126 cm³/mol. The average molecular weight is 469 g/mol. The van der Waals surface area contributed by atoms with Crippen LogP contribution in [0.2, 0.25) is 0 Å². The largest absolute Gasteiger partial charge is 0.452 e. The summed E-state index contributed by atoms with van der Waals surface area (Å²) < 4.78 is 10.6. The second kappa shape index (κ2) is 10.8. The van der Waals surface area contributed by atoms with Crippen molar-refractivity contribution in [1.29, 1.82) is 0 Å². The molecule has 4 rings (SSSR count). The van der Waals surface area contributed by atoms with E-state index in [1.807, 2.05) is 24.3 Å². The molecule has 1 fully saturated rings. The summed E-state index contributed by atoms with van der Waals surface area (Å²) in [7, 11) is 0. The zero-order chi connectivity index (χ0) is 24.1. The number of nitrogens with zero attached hydrogens (tertiary/aromatic N) is 4. The van der Waals surface area contributed by atoms with Crippen LogP contribution in [0.4, 0.5) is 4.79 Å². The Balaban J connectivity index is 1.46. The van der Waals surface area contributed by atoms with E-state index in [9.17, 15) is 14.4 Å². The molecule has 2 aliphatic rings. The highest BCUT2D eigenvalue weighted by Gasteiger charge is 2.28. The van der Waals surface area contributed by atoms with Crippen molar-refractivity contribution in [1.82, 2.24) is 19.7 Å². The van der Waals surface area contributed by atoms with Crippen molar-refractivity contribution in [3.8, 4) is 0 Å². The van der Waals surface area contributed by atoms with Gasteiger partial charge in [-0.15, -0.1) is 0 Å². The van der Waals surface area contributed by atoms with Crippen molar-refractivity contribution in [2.24, 2.45) is 0 Å². The molecule has 0 radical (unpaired) electrons. The number of esters is 1. The monoisotopic (exact) mass is 468 g/mol. The third kappa shape index (κ3) is 5.14. The Morgan fingerprint density at radius 1 is 0.971 bits per heavy atom. The van der Waals surface area contributed by atoms with Crippen LogP contribution in [0.1, 0.15) is 41.9 Å². The molecule has 1 aromatic heterocycles. The van der Waals surface area contributed by atoms with E-state index in [0.717, 1.165) is 48.1 Å². The second-order valence-electron chi connectivity index (χ2n) is 8.60. The van der Waals surface area contributed by atoms with Gasteiger partial charge in [-0.1, -0.05) is 25.1 Å². The van der Waals surface area contributed by atoms with E-state index in [0.29, 0.717) is 44.9 Å². The first kappa shape index (κ1) is 23.9. The Kier molecular flexibility index (Phi) is 7.62. The van der Waals surface area contributed by atoms with Gasteiger partial charge in [0.25, 0.3) is 5.91 Å². The normalized spacial score (nSPS) is 16.3. The van der Waals surface area contributed by atoms with Gasteiger partial charge in [0.15, 0.2) is 6.61 Å². The summed E-state index contributed by atoms with van der Waals surface area (Å²) in [5.41, 5.74) is 3.11. The zero-order valence-electron chi connectivity index (χ0n) is 19.9. The summed E-state index contributed by atoms with van der Waals surface area (Å²) >= 11 is 0. The maximum atomic E-state index is 13.3. The molecule has 2 amide bonds. The maximum absolute atomic E-state index is 13.3. The molecule has 182 valence electrons. The summed E-state index contributed by atoms with van der Waals surface area (Å²) in [6.45, 7) is 7.97. The number of hydrogen-bond acceptors (Lipinski definition) is 7. The van der Waals surface area contributed by atoms with E-state index < -0.39 is 5.97 Å². The number of pyridine rings is 1. The number of amides is 2. The van der Waals surface area contributed by atoms with Crippen LogP contribution in [-0.4, -0.2) is 90.1 Å². The SMILES string of the molecule is CCCN1CCc2nc3ccccc3c(C(=O)OCC(=O)N3CCN(C(=O)OCC)CC3)c2C1. The van der Waals surface area contributed by atoms with Crippen molar-refractivity contribution >= 4 is 28.9 Å². The molecule has 0 spiro atoms. The van der Waals surface area contributed by atoms with Gasteiger partial charge in [-0.25, -0.2) is 9.59 Å². The zero-order valence-corrected chi connectivity index (χ0v) is 19.9. The fourth-order valence-electron chi connectivity index (χ4n) is 4.63. The molecule has 0 unspecified atom stereocenters. The lowest BCUT2D eigenvalue weighted by Gasteiger charge is -2.34. The van der Waals surface area contributed by atoms with Gasteiger partial charge in [-0.2, -0.15) is 0 Å². The Bertz CT molecular complexity index is 1060. The van der Waals surface area contributed by atoms with Gasteiger partial charge < -0.3 is 19.3 Å². The van der Waals surface area contributed by atoms with E-state index in [4.69, 9.17) is 14.5 Å². The van der Waals surface area contributed by atoms with Crippen LogP contribution in [0.25, 0.3) is 10.9 Å². The molecule has 0 atom stereocenters. The third-order valence-corrected chi connectivity index (χ3v) is 6.35. The van der Waals surface area contributed by atoms with Crippen LogP contribution < -0.4 is 0 Å². The molecule has 0 bridgehead atoms. The van der Waals surface area contributed by atoms with Crippen molar-refractivity contribution in [2.45, 2.75) is 33.2 Å². The van der Waals surface area contributed by atoms with Gasteiger partial charge in [0, 0.05) is 62.3 Å². The van der Waals surface area contributed by atoms with Crippen LogP contribution in [0.15, 0.2) is 24.3 Å². The maximum Gasteiger partial charge on any atom is 0.409 e. The third-order valence-electron chi connectivity index (χ3n) is 6.35. The summed E-state index contributed by atoms with van der Waals surface area (Å²) in [6, 6.07) is 7.57. The highest BCUT2D eigenvalue weighted by Crippen LogP contribution is 2.29.